The average Bonchev–Trinajstić information content (AvgIpc) is 2.76. The number of nitrogens with two attached hydrogens (primary N) is 1. The van der Waals surface area contributed by atoms with Crippen molar-refractivity contribution in [2.24, 2.45) is 0 Å². The van der Waals surface area contributed by atoms with E-state index < -0.39 is 5.97 Å². The lowest BCUT2D eigenvalue weighted by molar-refractivity contribution is 0.0521. The number of aryl methyl sites for hydroxylation is 1. The zero-order chi connectivity index (χ0) is 15.6. The normalized spacial score (nSPS) is 10.7. The molecule has 0 amide bonds. The summed E-state index contributed by atoms with van der Waals surface area (Å²) in [6.45, 7) is 3.95. The van der Waals surface area contributed by atoms with Gasteiger partial charge in [-0.2, -0.15) is 0 Å². The van der Waals surface area contributed by atoms with Crippen LogP contribution in [0.3, 0.4) is 0 Å². The third kappa shape index (κ3) is 3.06. The topological polar surface area (TPSA) is 70.1 Å². The summed E-state index contributed by atoms with van der Waals surface area (Å²) in [7, 11) is 0. The molecule has 1 aromatic carbocycles. The molecule has 0 aliphatic heterocycles. The summed E-state index contributed by atoms with van der Waals surface area (Å²) >= 11 is 9.41. The summed E-state index contributed by atoms with van der Waals surface area (Å²) in [5.74, 6) is 0.417. The van der Waals surface area contributed by atoms with Crippen LogP contribution in [0.15, 0.2) is 22.7 Å². The zero-order valence-corrected chi connectivity index (χ0v) is 14.0. The van der Waals surface area contributed by atoms with E-state index in [1.807, 2.05) is 13.0 Å². The van der Waals surface area contributed by atoms with Crippen molar-refractivity contribution in [3.63, 3.8) is 0 Å². The van der Waals surface area contributed by atoms with Crippen LogP contribution in [0.1, 0.15) is 30.2 Å². The Balaban J connectivity index is 2.60. The number of rotatable bonds is 4. The number of carbonyl (C=O) groups excluding carboxylic acids is 1. The molecule has 1 heterocycles. The maximum atomic E-state index is 11.9. The van der Waals surface area contributed by atoms with Gasteiger partial charge in [-0.15, -0.1) is 0 Å². The Morgan fingerprint density at radius 1 is 1.48 bits per heavy atom. The summed E-state index contributed by atoms with van der Waals surface area (Å²) in [6, 6.07) is 5.34. The third-order valence-electron chi connectivity index (χ3n) is 2.92. The molecular weight excluding hydrogens is 358 g/mol. The molecule has 0 bridgehead atoms. The predicted molar refractivity (Wildman–Crippen MR) is 86.0 cm³/mol. The molecule has 0 saturated carbocycles. The molecule has 2 rings (SSSR count). The second-order valence-electron chi connectivity index (χ2n) is 4.27. The lowest BCUT2D eigenvalue weighted by atomic mass is 10.3. The van der Waals surface area contributed by atoms with E-state index in [4.69, 9.17) is 22.1 Å². The maximum Gasteiger partial charge on any atom is 0.360 e. The molecule has 0 atom stereocenters. The summed E-state index contributed by atoms with van der Waals surface area (Å²) in [4.78, 5) is 16.2. The number of ether oxygens (including phenoxy) is 1. The lowest BCUT2D eigenvalue weighted by Crippen LogP contribution is -2.09. The number of hydrogen-bond donors (Lipinski definition) is 1. The highest BCUT2D eigenvalue weighted by Gasteiger charge is 2.22. The number of aromatic nitrogens is 2. The first-order valence-corrected chi connectivity index (χ1v) is 7.66. The van der Waals surface area contributed by atoms with Crippen molar-refractivity contribution in [1.29, 1.82) is 0 Å². The van der Waals surface area contributed by atoms with Crippen molar-refractivity contribution < 1.29 is 9.53 Å². The fourth-order valence-corrected chi connectivity index (χ4v) is 2.86. The van der Waals surface area contributed by atoms with Crippen LogP contribution in [-0.4, -0.2) is 22.1 Å². The summed E-state index contributed by atoms with van der Waals surface area (Å²) in [6.07, 6.45) is 0.624. The fraction of sp³-hybridized carbons (Fsp3) is 0.286. The zero-order valence-electron chi connectivity index (χ0n) is 11.7. The highest BCUT2D eigenvalue weighted by atomic mass is 79.9. The number of nitrogens with zero attached hydrogens (tertiary/aromatic N) is 2. The smallest absolute Gasteiger partial charge is 0.360 e. The number of esters is 1. The van der Waals surface area contributed by atoms with Crippen molar-refractivity contribution in [3.8, 4) is 5.69 Å². The molecule has 0 unspecified atom stereocenters. The van der Waals surface area contributed by atoms with Crippen LogP contribution in [0, 0.1) is 0 Å². The molecule has 112 valence electrons. The number of benzene rings is 1. The van der Waals surface area contributed by atoms with Gasteiger partial charge >= 0.3 is 5.97 Å². The lowest BCUT2D eigenvalue weighted by Gasteiger charge is -2.11. The van der Waals surface area contributed by atoms with Crippen molar-refractivity contribution >= 4 is 39.3 Å². The molecule has 0 aliphatic rings. The summed E-state index contributed by atoms with van der Waals surface area (Å²) in [5.41, 5.74) is 7.01. The van der Waals surface area contributed by atoms with Gasteiger partial charge in [-0.3, -0.25) is 4.57 Å². The minimum absolute atomic E-state index is 0.135. The summed E-state index contributed by atoms with van der Waals surface area (Å²) < 4.78 is 7.48. The van der Waals surface area contributed by atoms with E-state index in [1.165, 1.54) is 0 Å². The Kier molecular flexibility index (Phi) is 4.90. The van der Waals surface area contributed by atoms with Gasteiger partial charge in [0.25, 0.3) is 0 Å². The fourth-order valence-electron chi connectivity index (χ4n) is 2.00. The summed E-state index contributed by atoms with van der Waals surface area (Å²) in [5, 5.41) is 0.605. The van der Waals surface area contributed by atoms with E-state index in [-0.39, 0.29) is 18.1 Å². The molecule has 7 heteroatoms. The Morgan fingerprint density at radius 2 is 2.19 bits per heavy atom. The molecule has 2 aromatic rings. The largest absolute Gasteiger partial charge is 0.461 e. The minimum atomic E-state index is -0.520. The van der Waals surface area contributed by atoms with Gasteiger partial charge in [-0.05, 0) is 41.1 Å². The highest BCUT2D eigenvalue weighted by Crippen LogP contribution is 2.29. The highest BCUT2D eigenvalue weighted by molar-refractivity contribution is 9.10. The van der Waals surface area contributed by atoms with E-state index in [2.05, 4.69) is 20.9 Å². The van der Waals surface area contributed by atoms with E-state index in [0.717, 1.165) is 10.2 Å². The molecule has 0 saturated heterocycles. The van der Waals surface area contributed by atoms with Crippen LogP contribution < -0.4 is 5.73 Å². The monoisotopic (exact) mass is 371 g/mol. The van der Waals surface area contributed by atoms with Gasteiger partial charge in [0.1, 0.15) is 11.6 Å². The Labute approximate surface area is 136 Å². The van der Waals surface area contributed by atoms with Gasteiger partial charge in [-0.25, -0.2) is 9.78 Å². The van der Waals surface area contributed by atoms with E-state index in [1.54, 1.807) is 23.6 Å². The molecule has 0 spiro atoms. The van der Waals surface area contributed by atoms with Gasteiger partial charge in [0, 0.05) is 15.9 Å². The number of halogens is 2. The van der Waals surface area contributed by atoms with Crippen LogP contribution in [-0.2, 0) is 11.2 Å². The van der Waals surface area contributed by atoms with Gasteiger partial charge < -0.3 is 10.5 Å². The van der Waals surface area contributed by atoms with Gasteiger partial charge in [-0.1, -0.05) is 18.5 Å². The van der Waals surface area contributed by atoms with Crippen LogP contribution in [0.2, 0.25) is 5.02 Å². The maximum absolute atomic E-state index is 11.9. The minimum Gasteiger partial charge on any atom is -0.461 e. The van der Waals surface area contributed by atoms with Crippen LogP contribution in [0.4, 0.5) is 5.82 Å². The molecule has 5 nitrogen and oxygen atoms in total. The van der Waals surface area contributed by atoms with E-state index >= 15 is 0 Å². The van der Waals surface area contributed by atoms with Crippen LogP contribution in [0.5, 0.6) is 0 Å². The van der Waals surface area contributed by atoms with Gasteiger partial charge in [0.15, 0.2) is 5.69 Å². The number of hydrogen-bond acceptors (Lipinski definition) is 4. The predicted octanol–water partition coefficient (Wildman–Crippen LogP) is 3.61. The van der Waals surface area contributed by atoms with Crippen LogP contribution in [0.25, 0.3) is 5.69 Å². The molecule has 0 aliphatic carbocycles. The first-order valence-electron chi connectivity index (χ1n) is 6.49. The molecular formula is C14H15BrClN3O2. The Hall–Kier alpha value is -1.53. The third-order valence-corrected chi connectivity index (χ3v) is 3.79. The van der Waals surface area contributed by atoms with Crippen molar-refractivity contribution in [2.75, 3.05) is 12.3 Å². The number of anilines is 1. The number of carbonyl (C=O) groups is 1. The van der Waals surface area contributed by atoms with Gasteiger partial charge in [0.05, 0.1) is 12.3 Å². The first kappa shape index (κ1) is 15.9. The molecule has 0 fully saturated rings. The Bertz CT molecular complexity index is 685. The van der Waals surface area contributed by atoms with Crippen LogP contribution >= 0.6 is 27.5 Å². The first-order chi connectivity index (χ1) is 9.99. The van der Waals surface area contributed by atoms with E-state index in [9.17, 15) is 4.79 Å². The van der Waals surface area contributed by atoms with Crippen molar-refractivity contribution in [1.82, 2.24) is 9.55 Å². The molecule has 1 aromatic heterocycles. The number of nitrogen functional groups attached to an aromatic ring is 1. The van der Waals surface area contributed by atoms with E-state index in [0.29, 0.717) is 17.3 Å². The van der Waals surface area contributed by atoms with Crippen molar-refractivity contribution in [2.45, 2.75) is 20.3 Å². The average molecular weight is 373 g/mol. The second kappa shape index (κ2) is 6.49. The SMILES string of the molecule is CCOC(=O)c1nc(CC)n(-c2ccc(Cl)cc2Br)c1N. The quantitative estimate of drug-likeness (QED) is 0.832. The van der Waals surface area contributed by atoms with Gasteiger partial charge in [0.2, 0.25) is 0 Å². The Morgan fingerprint density at radius 3 is 2.76 bits per heavy atom. The number of imidazole rings is 1. The second-order valence-corrected chi connectivity index (χ2v) is 5.56. The molecule has 0 radical (unpaired) electrons. The molecule has 21 heavy (non-hydrogen) atoms. The van der Waals surface area contributed by atoms with Crippen molar-refractivity contribution in [3.05, 3.63) is 39.2 Å². The molecule has 2 N–H and O–H groups in total. The standard InChI is InChI=1S/C14H15BrClN3O2/c1-3-11-18-12(14(20)21-4-2)13(17)19(11)10-6-5-8(16)7-9(10)15/h5-7H,3-4,17H2,1-2H3.